The lowest BCUT2D eigenvalue weighted by Gasteiger charge is -2.22. The van der Waals surface area contributed by atoms with E-state index in [-0.39, 0.29) is 17.2 Å². The molecule has 0 heterocycles. The number of amides is 2. The smallest absolute Gasteiger partial charge is 0.348 e. The summed E-state index contributed by atoms with van der Waals surface area (Å²) in [6.07, 6.45) is -4.11. The van der Waals surface area contributed by atoms with Crippen LogP contribution in [0.1, 0.15) is 47.8 Å². The first-order chi connectivity index (χ1) is 14.5. The normalized spacial score (nSPS) is 12.3. The molecular weight excluding hydrogens is 415 g/mol. The van der Waals surface area contributed by atoms with E-state index in [2.05, 4.69) is 10.6 Å². The molecule has 7 nitrogen and oxygen atoms in total. The number of alkyl halides is 3. The van der Waals surface area contributed by atoms with E-state index in [4.69, 9.17) is 0 Å². The fourth-order valence-electron chi connectivity index (χ4n) is 2.95. The van der Waals surface area contributed by atoms with E-state index < -0.39 is 41.1 Å². The monoisotopic (exact) mass is 437 g/mol. The Kier molecular flexibility index (Phi) is 7.73. The highest BCUT2D eigenvalue weighted by molar-refractivity contribution is 5.97. The maximum Gasteiger partial charge on any atom is 0.416 e. The largest absolute Gasteiger partial charge is 0.416 e. The summed E-state index contributed by atoms with van der Waals surface area (Å²) in [6.45, 7) is 3.31. The number of non-ortho nitro benzene ring substituents is 1. The van der Waals surface area contributed by atoms with Gasteiger partial charge in [0, 0.05) is 17.7 Å². The van der Waals surface area contributed by atoms with Crippen LogP contribution in [0.15, 0.2) is 48.5 Å². The van der Waals surface area contributed by atoms with Gasteiger partial charge in [0.25, 0.3) is 11.6 Å². The molecule has 0 aliphatic heterocycles. The topological polar surface area (TPSA) is 101 Å². The van der Waals surface area contributed by atoms with Crippen LogP contribution >= 0.6 is 0 Å². The van der Waals surface area contributed by atoms with Gasteiger partial charge in [-0.15, -0.1) is 0 Å². The van der Waals surface area contributed by atoms with E-state index in [9.17, 15) is 32.9 Å². The van der Waals surface area contributed by atoms with Gasteiger partial charge in [0.1, 0.15) is 0 Å². The third-order valence-corrected chi connectivity index (χ3v) is 4.39. The second-order valence-electron chi connectivity index (χ2n) is 7.36. The number of nitro benzene ring substituents is 1. The average Bonchev–Trinajstić information content (AvgIpc) is 2.70. The lowest BCUT2D eigenvalue weighted by Crippen LogP contribution is -2.39. The summed E-state index contributed by atoms with van der Waals surface area (Å²) >= 11 is 0. The third kappa shape index (κ3) is 7.09. The number of hydrogen-bond donors (Lipinski definition) is 2. The maximum absolute atomic E-state index is 13.0. The van der Waals surface area contributed by atoms with E-state index >= 15 is 0 Å². The average molecular weight is 437 g/mol. The van der Waals surface area contributed by atoms with Crippen molar-refractivity contribution in [1.82, 2.24) is 10.6 Å². The molecule has 1 unspecified atom stereocenters. The summed E-state index contributed by atoms with van der Waals surface area (Å²) < 4.78 is 39.1. The molecule has 2 N–H and O–H groups in total. The predicted octanol–water partition coefficient (Wildman–Crippen LogP) is 4.25. The zero-order chi connectivity index (χ0) is 23.2. The molecule has 31 heavy (non-hydrogen) atoms. The van der Waals surface area contributed by atoms with Crippen LogP contribution in [0.25, 0.3) is 0 Å². The van der Waals surface area contributed by atoms with Crippen LogP contribution in [0.4, 0.5) is 18.9 Å². The minimum atomic E-state index is -4.51. The Balaban J connectivity index is 2.07. The summed E-state index contributed by atoms with van der Waals surface area (Å²) in [4.78, 5) is 34.7. The van der Waals surface area contributed by atoms with Crippen molar-refractivity contribution in [1.29, 1.82) is 0 Å². The van der Waals surface area contributed by atoms with Crippen LogP contribution in [0.3, 0.4) is 0 Å². The van der Waals surface area contributed by atoms with Crippen molar-refractivity contribution in [2.75, 3.05) is 6.54 Å². The number of halogens is 3. The molecule has 0 saturated heterocycles. The zero-order valence-electron chi connectivity index (χ0n) is 16.9. The Hall–Kier alpha value is -3.43. The van der Waals surface area contributed by atoms with Crippen molar-refractivity contribution in [3.63, 3.8) is 0 Å². The number of carbonyl (C=O) groups is 2. The zero-order valence-corrected chi connectivity index (χ0v) is 16.9. The maximum atomic E-state index is 13.0. The molecule has 2 aromatic rings. The number of hydrogen-bond acceptors (Lipinski definition) is 4. The minimum absolute atomic E-state index is 0.0126. The second kappa shape index (κ2) is 10.1. The van der Waals surface area contributed by atoms with E-state index in [1.165, 1.54) is 30.3 Å². The molecule has 2 amide bonds. The van der Waals surface area contributed by atoms with Crippen LogP contribution in [-0.2, 0) is 11.0 Å². The standard InChI is InChI=1S/C21H22F3N3O4/c1-13(2)9-18(14-5-3-7-16(10-14)21(22,23)24)26-19(28)12-25-20(29)15-6-4-8-17(11-15)27(30)31/h3-8,10-11,13,18H,9,12H2,1-2H3,(H,25,29)(H,26,28). The van der Waals surface area contributed by atoms with Gasteiger partial charge in [-0.3, -0.25) is 19.7 Å². The lowest BCUT2D eigenvalue weighted by atomic mass is 9.95. The number of nitrogens with one attached hydrogen (secondary N) is 2. The Morgan fingerprint density at radius 1 is 1.10 bits per heavy atom. The molecule has 10 heteroatoms. The van der Waals surface area contributed by atoms with E-state index in [1.807, 2.05) is 13.8 Å². The Morgan fingerprint density at radius 3 is 2.39 bits per heavy atom. The Morgan fingerprint density at radius 2 is 1.77 bits per heavy atom. The van der Waals surface area contributed by atoms with Crippen LogP contribution in [0.5, 0.6) is 0 Å². The number of carbonyl (C=O) groups excluding carboxylic acids is 2. The first kappa shape index (κ1) is 23.8. The van der Waals surface area contributed by atoms with Crippen molar-refractivity contribution in [2.45, 2.75) is 32.5 Å². The summed E-state index contributed by atoms with van der Waals surface area (Å²) in [5.41, 5.74) is -0.758. The molecule has 0 saturated carbocycles. The van der Waals surface area contributed by atoms with Crippen LogP contribution in [-0.4, -0.2) is 23.3 Å². The molecule has 0 bridgehead atoms. The lowest BCUT2D eigenvalue weighted by molar-refractivity contribution is -0.384. The van der Waals surface area contributed by atoms with Gasteiger partial charge in [-0.2, -0.15) is 13.2 Å². The molecule has 2 rings (SSSR count). The van der Waals surface area contributed by atoms with Gasteiger partial charge < -0.3 is 10.6 Å². The van der Waals surface area contributed by atoms with Gasteiger partial charge in [-0.1, -0.05) is 32.0 Å². The molecule has 0 aliphatic rings. The number of benzene rings is 2. The van der Waals surface area contributed by atoms with Crippen molar-refractivity contribution in [3.8, 4) is 0 Å². The van der Waals surface area contributed by atoms with E-state index in [1.54, 1.807) is 0 Å². The number of rotatable bonds is 8. The summed E-state index contributed by atoms with van der Waals surface area (Å²) in [7, 11) is 0. The molecular formula is C21H22F3N3O4. The summed E-state index contributed by atoms with van der Waals surface area (Å²) in [5, 5.41) is 15.8. The first-order valence-corrected chi connectivity index (χ1v) is 9.46. The van der Waals surface area contributed by atoms with Gasteiger partial charge in [0.15, 0.2) is 0 Å². The molecule has 0 spiro atoms. The fourth-order valence-corrected chi connectivity index (χ4v) is 2.95. The van der Waals surface area contributed by atoms with Crippen molar-refractivity contribution in [3.05, 3.63) is 75.3 Å². The van der Waals surface area contributed by atoms with Crippen molar-refractivity contribution < 1.29 is 27.7 Å². The molecule has 0 radical (unpaired) electrons. The van der Waals surface area contributed by atoms with Crippen LogP contribution in [0.2, 0.25) is 0 Å². The van der Waals surface area contributed by atoms with Gasteiger partial charge in [-0.05, 0) is 36.1 Å². The van der Waals surface area contributed by atoms with E-state index in [0.29, 0.717) is 12.0 Å². The first-order valence-electron chi connectivity index (χ1n) is 9.46. The molecule has 0 fully saturated rings. The summed E-state index contributed by atoms with van der Waals surface area (Å²) in [6, 6.07) is 9.08. The molecule has 166 valence electrons. The Labute approximate surface area is 176 Å². The quantitative estimate of drug-likeness (QED) is 0.476. The van der Waals surface area contributed by atoms with Crippen molar-refractivity contribution in [2.24, 2.45) is 5.92 Å². The predicted molar refractivity (Wildman–Crippen MR) is 107 cm³/mol. The molecule has 2 aromatic carbocycles. The molecule has 1 atom stereocenters. The molecule has 0 aliphatic carbocycles. The minimum Gasteiger partial charge on any atom is -0.348 e. The highest BCUT2D eigenvalue weighted by atomic mass is 19.4. The summed E-state index contributed by atoms with van der Waals surface area (Å²) in [5.74, 6) is -1.19. The number of nitrogens with zero attached hydrogens (tertiary/aromatic N) is 1. The van der Waals surface area contributed by atoms with Gasteiger partial charge in [0.05, 0.1) is 23.1 Å². The van der Waals surface area contributed by atoms with Crippen molar-refractivity contribution >= 4 is 17.5 Å². The van der Waals surface area contributed by atoms with Gasteiger partial charge >= 0.3 is 6.18 Å². The SMILES string of the molecule is CC(C)CC(NC(=O)CNC(=O)c1cccc([N+](=O)[O-])c1)c1cccc(C(F)(F)F)c1. The molecule has 0 aromatic heterocycles. The van der Waals surface area contributed by atoms with Gasteiger partial charge in [-0.25, -0.2) is 0 Å². The highest BCUT2D eigenvalue weighted by Gasteiger charge is 2.31. The Bertz CT molecular complexity index is 961. The van der Waals surface area contributed by atoms with Crippen LogP contribution < -0.4 is 10.6 Å². The second-order valence-corrected chi connectivity index (χ2v) is 7.36. The highest BCUT2D eigenvalue weighted by Crippen LogP contribution is 2.32. The fraction of sp³-hybridized carbons (Fsp3) is 0.333. The number of nitro groups is 1. The van der Waals surface area contributed by atoms with Gasteiger partial charge in [0.2, 0.25) is 5.91 Å². The third-order valence-electron chi connectivity index (χ3n) is 4.39. The van der Waals surface area contributed by atoms with E-state index in [0.717, 1.165) is 18.2 Å². The van der Waals surface area contributed by atoms with Crippen LogP contribution in [0, 0.1) is 16.0 Å².